The Bertz CT molecular complexity index is 321. The van der Waals surface area contributed by atoms with Gasteiger partial charge in [-0.1, -0.05) is 0 Å². The van der Waals surface area contributed by atoms with Crippen molar-refractivity contribution in [2.75, 3.05) is 13.1 Å². The topological polar surface area (TPSA) is 59.5 Å². The Labute approximate surface area is 89.0 Å². The monoisotopic (exact) mass is 208 g/mol. The Kier molecular flexibility index (Phi) is 3.06. The van der Waals surface area contributed by atoms with Gasteiger partial charge in [0.05, 0.1) is 6.26 Å². The second kappa shape index (κ2) is 4.49. The van der Waals surface area contributed by atoms with Crippen molar-refractivity contribution < 1.29 is 9.21 Å². The standard InChI is InChI=1S/C11H16N2O2/c12-9-5-6-13(8-9)11(14)4-3-10-2-1-7-15-10/h1-2,7,9H,3-6,8,12H2/t9-/m0/s1. The number of nitrogens with zero attached hydrogens (tertiary/aromatic N) is 1. The second-order valence-electron chi connectivity index (χ2n) is 3.97. The first kappa shape index (κ1) is 10.2. The molecule has 1 amide bonds. The molecule has 4 nitrogen and oxygen atoms in total. The molecule has 1 aromatic heterocycles. The van der Waals surface area contributed by atoms with Crippen LogP contribution in [-0.2, 0) is 11.2 Å². The van der Waals surface area contributed by atoms with Crippen LogP contribution in [0.2, 0.25) is 0 Å². The highest BCUT2D eigenvalue weighted by atomic mass is 16.3. The highest BCUT2D eigenvalue weighted by molar-refractivity contribution is 5.76. The van der Waals surface area contributed by atoms with Gasteiger partial charge >= 0.3 is 0 Å². The lowest BCUT2D eigenvalue weighted by molar-refractivity contribution is -0.130. The Morgan fingerprint density at radius 3 is 3.13 bits per heavy atom. The summed E-state index contributed by atoms with van der Waals surface area (Å²) in [5.41, 5.74) is 5.74. The Morgan fingerprint density at radius 1 is 1.67 bits per heavy atom. The molecule has 1 fully saturated rings. The van der Waals surface area contributed by atoms with Crippen molar-refractivity contribution in [3.05, 3.63) is 24.2 Å². The summed E-state index contributed by atoms with van der Waals surface area (Å²) in [6, 6.07) is 3.90. The van der Waals surface area contributed by atoms with Crippen molar-refractivity contribution in [3.8, 4) is 0 Å². The van der Waals surface area contributed by atoms with Gasteiger partial charge in [-0.3, -0.25) is 4.79 Å². The smallest absolute Gasteiger partial charge is 0.223 e. The minimum absolute atomic E-state index is 0.164. The summed E-state index contributed by atoms with van der Waals surface area (Å²) in [6.07, 6.45) is 3.75. The van der Waals surface area contributed by atoms with Crippen LogP contribution >= 0.6 is 0 Å². The SMILES string of the molecule is N[C@H]1CCN(C(=O)CCc2ccco2)C1. The first-order chi connectivity index (χ1) is 7.25. The third kappa shape index (κ3) is 2.59. The zero-order chi connectivity index (χ0) is 10.7. The number of likely N-dealkylation sites (tertiary alicyclic amines) is 1. The predicted molar refractivity (Wildman–Crippen MR) is 56.2 cm³/mol. The first-order valence-corrected chi connectivity index (χ1v) is 5.31. The van der Waals surface area contributed by atoms with Crippen LogP contribution in [-0.4, -0.2) is 29.9 Å². The van der Waals surface area contributed by atoms with E-state index >= 15 is 0 Å². The quantitative estimate of drug-likeness (QED) is 0.798. The summed E-state index contributed by atoms with van der Waals surface area (Å²) in [5, 5.41) is 0. The van der Waals surface area contributed by atoms with Gasteiger partial charge in [0.25, 0.3) is 0 Å². The van der Waals surface area contributed by atoms with E-state index in [-0.39, 0.29) is 11.9 Å². The predicted octanol–water partition coefficient (Wildman–Crippen LogP) is 0.772. The molecule has 1 atom stereocenters. The minimum atomic E-state index is 0.164. The van der Waals surface area contributed by atoms with E-state index in [4.69, 9.17) is 10.2 Å². The maximum Gasteiger partial charge on any atom is 0.223 e. The molecule has 1 aromatic rings. The van der Waals surface area contributed by atoms with E-state index in [2.05, 4.69) is 0 Å². The molecule has 0 aromatic carbocycles. The van der Waals surface area contributed by atoms with E-state index in [1.165, 1.54) is 0 Å². The molecule has 0 radical (unpaired) electrons. The van der Waals surface area contributed by atoms with Crippen molar-refractivity contribution in [2.45, 2.75) is 25.3 Å². The summed E-state index contributed by atoms with van der Waals surface area (Å²) < 4.78 is 5.17. The van der Waals surface area contributed by atoms with Gasteiger partial charge in [-0.2, -0.15) is 0 Å². The van der Waals surface area contributed by atoms with E-state index in [1.807, 2.05) is 17.0 Å². The average Bonchev–Trinajstić information content (AvgIpc) is 2.84. The lowest BCUT2D eigenvalue weighted by Crippen LogP contribution is -2.31. The third-order valence-electron chi connectivity index (χ3n) is 2.74. The van der Waals surface area contributed by atoms with Crippen LogP contribution in [0.4, 0.5) is 0 Å². The van der Waals surface area contributed by atoms with E-state index in [0.29, 0.717) is 19.4 Å². The molecule has 2 heterocycles. The maximum absolute atomic E-state index is 11.7. The average molecular weight is 208 g/mol. The molecule has 15 heavy (non-hydrogen) atoms. The molecule has 0 spiro atoms. The number of hydrogen-bond acceptors (Lipinski definition) is 3. The van der Waals surface area contributed by atoms with E-state index in [9.17, 15) is 4.79 Å². The number of hydrogen-bond donors (Lipinski definition) is 1. The maximum atomic E-state index is 11.7. The van der Waals surface area contributed by atoms with Crippen LogP contribution in [0.15, 0.2) is 22.8 Å². The van der Waals surface area contributed by atoms with Gasteiger partial charge in [-0.15, -0.1) is 0 Å². The molecule has 0 unspecified atom stereocenters. The normalized spacial score (nSPS) is 20.9. The number of nitrogens with two attached hydrogens (primary N) is 1. The van der Waals surface area contributed by atoms with Gasteiger partial charge in [0.2, 0.25) is 5.91 Å². The van der Waals surface area contributed by atoms with Crippen molar-refractivity contribution >= 4 is 5.91 Å². The number of furan rings is 1. The molecule has 0 bridgehead atoms. The molecular formula is C11H16N2O2. The molecule has 0 aliphatic carbocycles. The van der Waals surface area contributed by atoms with Crippen LogP contribution in [0.3, 0.4) is 0 Å². The minimum Gasteiger partial charge on any atom is -0.469 e. The molecule has 1 aliphatic heterocycles. The summed E-state index contributed by atoms with van der Waals surface area (Å²) >= 11 is 0. The molecule has 2 rings (SSSR count). The number of carbonyl (C=O) groups excluding carboxylic acids is 1. The lowest BCUT2D eigenvalue weighted by atomic mass is 10.2. The van der Waals surface area contributed by atoms with Crippen molar-refractivity contribution in [1.29, 1.82) is 0 Å². The Morgan fingerprint density at radius 2 is 2.53 bits per heavy atom. The second-order valence-corrected chi connectivity index (χ2v) is 3.97. The van der Waals surface area contributed by atoms with E-state index in [1.54, 1.807) is 6.26 Å². The third-order valence-corrected chi connectivity index (χ3v) is 2.74. The summed E-state index contributed by atoms with van der Waals surface area (Å²) in [4.78, 5) is 13.6. The molecule has 82 valence electrons. The fourth-order valence-electron chi connectivity index (χ4n) is 1.86. The van der Waals surface area contributed by atoms with Crippen LogP contribution in [0.1, 0.15) is 18.6 Å². The highest BCUT2D eigenvalue weighted by Gasteiger charge is 2.23. The largest absolute Gasteiger partial charge is 0.469 e. The molecule has 2 N–H and O–H groups in total. The molecule has 4 heteroatoms. The van der Waals surface area contributed by atoms with Gasteiger partial charge in [0, 0.05) is 32.0 Å². The van der Waals surface area contributed by atoms with Gasteiger partial charge in [0.15, 0.2) is 0 Å². The fraction of sp³-hybridized carbons (Fsp3) is 0.545. The summed E-state index contributed by atoms with van der Waals surface area (Å²) in [6.45, 7) is 1.51. The molecule has 1 aliphatic rings. The number of amides is 1. The van der Waals surface area contributed by atoms with E-state index in [0.717, 1.165) is 18.7 Å². The molecule has 0 saturated carbocycles. The molecular weight excluding hydrogens is 192 g/mol. The zero-order valence-corrected chi connectivity index (χ0v) is 8.69. The highest BCUT2D eigenvalue weighted by Crippen LogP contribution is 2.11. The lowest BCUT2D eigenvalue weighted by Gasteiger charge is -2.14. The van der Waals surface area contributed by atoms with Crippen LogP contribution in [0.5, 0.6) is 0 Å². The van der Waals surface area contributed by atoms with Gasteiger partial charge < -0.3 is 15.1 Å². The van der Waals surface area contributed by atoms with E-state index < -0.39 is 0 Å². The van der Waals surface area contributed by atoms with Crippen LogP contribution < -0.4 is 5.73 Å². The Hall–Kier alpha value is -1.29. The zero-order valence-electron chi connectivity index (χ0n) is 8.69. The van der Waals surface area contributed by atoms with Crippen molar-refractivity contribution in [2.24, 2.45) is 5.73 Å². The van der Waals surface area contributed by atoms with Gasteiger partial charge in [0.1, 0.15) is 5.76 Å². The van der Waals surface area contributed by atoms with Crippen molar-refractivity contribution in [3.63, 3.8) is 0 Å². The Balaban J connectivity index is 1.78. The van der Waals surface area contributed by atoms with Gasteiger partial charge in [-0.05, 0) is 18.6 Å². The van der Waals surface area contributed by atoms with Crippen molar-refractivity contribution in [1.82, 2.24) is 4.90 Å². The van der Waals surface area contributed by atoms with Gasteiger partial charge in [-0.25, -0.2) is 0 Å². The number of aryl methyl sites for hydroxylation is 1. The summed E-state index contributed by atoms with van der Waals surface area (Å²) in [7, 11) is 0. The number of rotatable bonds is 3. The first-order valence-electron chi connectivity index (χ1n) is 5.31. The van der Waals surface area contributed by atoms with Crippen LogP contribution in [0.25, 0.3) is 0 Å². The fourth-order valence-corrected chi connectivity index (χ4v) is 1.86. The summed E-state index contributed by atoms with van der Waals surface area (Å²) in [5.74, 6) is 1.05. The number of carbonyl (C=O) groups is 1. The van der Waals surface area contributed by atoms with Crippen LogP contribution in [0, 0.1) is 0 Å². The molecule has 1 saturated heterocycles.